The van der Waals surface area contributed by atoms with Crippen LogP contribution in [0.15, 0.2) is 18.2 Å². The topological polar surface area (TPSA) is 81.8 Å². The van der Waals surface area contributed by atoms with Gasteiger partial charge in [-0.3, -0.25) is 10.1 Å². The zero-order valence-electron chi connectivity index (χ0n) is 10.1. The second-order valence-corrected chi connectivity index (χ2v) is 4.64. The number of hydrogen-bond donors (Lipinski definition) is 1. The summed E-state index contributed by atoms with van der Waals surface area (Å²) in [6.45, 7) is 2.99. The molecule has 1 aromatic carbocycles. The van der Waals surface area contributed by atoms with Crippen molar-refractivity contribution in [3.05, 3.63) is 33.9 Å². The molecule has 0 unspecified atom stereocenters. The van der Waals surface area contributed by atoms with Gasteiger partial charge in [-0.15, -0.1) is 0 Å². The summed E-state index contributed by atoms with van der Waals surface area (Å²) in [6, 6.07) is 4.62. The molecule has 0 atom stereocenters. The zero-order valence-corrected chi connectivity index (χ0v) is 10.1. The quantitative estimate of drug-likeness (QED) is 0.631. The lowest BCUT2D eigenvalue weighted by atomic mass is 9.88. The summed E-state index contributed by atoms with van der Waals surface area (Å²) in [5, 5.41) is 19.9. The van der Waals surface area contributed by atoms with Crippen molar-refractivity contribution >= 4 is 5.69 Å². The fourth-order valence-electron chi connectivity index (χ4n) is 1.77. The Labute approximate surface area is 104 Å². The van der Waals surface area contributed by atoms with Crippen molar-refractivity contribution in [2.45, 2.75) is 6.92 Å². The number of nitrogens with zero attached hydrogens (tertiary/aromatic N) is 1. The van der Waals surface area contributed by atoms with E-state index in [4.69, 9.17) is 9.47 Å². The van der Waals surface area contributed by atoms with Gasteiger partial charge in [0.15, 0.2) is 0 Å². The van der Waals surface area contributed by atoms with Crippen molar-refractivity contribution in [2.24, 2.45) is 5.41 Å². The molecular formula is C12H15NO5. The van der Waals surface area contributed by atoms with E-state index in [-0.39, 0.29) is 17.7 Å². The van der Waals surface area contributed by atoms with Gasteiger partial charge in [0.05, 0.1) is 30.2 Å². The maximum absolute atomic E-state index is 10.7. The van der Waals surface area contributed by atoms with Crippen molar-refractivity contribution in [1.29, 1.82) is 0 Å². The standard InChI is InChI=1S/C12H15NO5/c1-9-4-10(2-3-11(9)13(15)16)18-8-12(5-14)6-17-7-12/h2-4,14H,5-8H2,1H3. The van der Waals surface area contributed by atoms with E-state index in [2.05, 4.69) is 0 Å². The summed E-state index contributed by atoms with van der Waals surface area (Å²) >= 11 is 0. The number of aryl methyl sites for hydroxylation is 1. The van der Waals surface area contributed by atoms with E-state index < -0.39 is 4.92 Å². The normalized spacial score (nSPS) is 17.0. The van der Waals surface area contributed by atoms with Gasteiger partial charge in [0.2, 0.25) is 0 Å². The first-order valence-electron chi connectivity index (χ1n) is 5.63. The Balaban J connectivity index is 2.02. The predicted octanol–water partition coefficient (Wildman–Crippen LogP) is 1.29. The minimum absolute atomic E-state index is 0.0129. The minimum Gasteiger partial charge on any atom is -0.493 e. The number of benzene rings is 1. The van der Waals surface area contributed by atoms with Crippen LogP contribution in [-0.4, -0.2) is 36.5 Å². The van der Waals surface area contributed by atoms with E-state index in [0.717, 1.165) is 0 Å². The second-order valence-electron chi connectivity index (χ2n) is 4.64. The number of nitro benzene ring substituents is 1. The van der Waals surface area contributed by atoms with E-state index in [0.29, 0.717) is 31.1 Å². The molecule has 0 spiro atoms. The van der Waals surface area contributed by atoms with Crippen molar-refractivity contribution in [2.75, 3.05) is 26.4 Å². The monoisotopic (exact) mass is 253 g/mol. The van der Waals surface area contributed by atoms with Crippen LogP contribution in [0.4, 0.5) is 5.69 Å². The van der Waals surface area contributed by atoms with Crippen LogP contribution in [0.5, 0.6) is 5.75 Å². The first kappa shape index (κ1) is 12.8. The third kappa shape index (κ3) is 2.44. The van der Waals surface area contributed by atoms with E-state index in [1.165, 1.54) is 6.07 Å². The molecule has 6 nitrogen and oxygen atoms in total. The van der Waals surface area contributed by atoms with Gasteiger partial charge >= 0.3 is 0 Å². The van der Waals surface area contributed by atoms with Gasteiger partial charge in [-0.1, -0.05) is 0 Å². The van der Waals surface area contributed by atoms with Crippen LogP contribution in [0.1, 0.15) is 5.56 Å². The van der Waals surface area contributed by atoms with Gasteiger partial charge in [0, 0.05) is 11.6 Å². The molecule has 0 saturated carbocycles. The summed E-state index contributed by atoms with van der Waals surface area (Å²) < 4.78 is 10.6. The molecule has 0 radical (unpaired) electrons. The largest absolute Gasteiger partial charge is 0.493 e. The van der Waals surface area contributed by atoms with Gasteiger partial charge in [-0.2, -0.15) is 0 Å². The maximum Gasteiger partial charge on any atom is 0.272 e. The number of ether oxygens (including phenoxy) is 2. The molecule has 0 amide bonds. The fraction of sp³-hybridized carbons (Fsp3) is 0.500. The van der Waals surface area contributed by atoms with Gasteiger partial charge in [-0.05, 0) is 19.1 Å². The maximum atomic E-state index is 10.7. The number of rotatable bonds is 5. The molecule has 1 aliphatic rings. The molecule has 18 heavy (non-hydrogen) atoms. The lowest BCUT2D eigenvalue weighted by Crippen LogP contribution is -2.49. The Kier molecular flexibility index (Phi) is 3.49. The smallest absolute Gasteiger partial charge is 0.272 e. The molecule has 0 aromatic heterocycles. The van der Waals surface area contributed by atoms with Gasteiger partial charge in [0.1, 0.15) is 12.4 Å². The number of hydrogen-bond acceptors (Lipinski definition) is 5. The van der Waals surface area contributed by atoms with Crippen LogP contribution in [-0.2, 0) is 4.74 Å². The van der Waals surface area contributed by atoms with Crippen molar-refractivity contribution in [3.8, 4) is 5.75 Å². The van der Waals surface area contributed by atoms with Crippen molar-refractivity contribution in [1.82, 2.24) is 0 Å². The molecule has 2 rings (SSSR count). The number of nitro groups is 1. The summed E-state index contributed by atoms with van der Waals surface area (Å²) in [5.41, 5.74) is 0.307. The molecule has 1 aliphatic heterocycles. The average Bonchev–Trinajstić information content (AvgIpc) is 2.27. The highest BCUT2D eigenvalue weighted by molar-refractivity contribution is 5.44. The SMILES string of the molecule is Cc1cc(OCC2(CO)COC2)ccc1[N+](=O)[O-]. The van der Waals surface area contributed by atoms with Gasteiger partial charge < -0.3 is 14.6 Å². The van der Waals surface area contributed by atoms with E-state index >= 15 is 0 Å². The molecule has 0 bridgehead atoms. The molecule has 1 N–H and O–H groups in total. The third-order valence-corrected chi connectivity index (χ3v) is 3.06. The third-order valence-electron chi connectivity index (χ3n) is 3.06. The Bertz CT molecular complexity index is 450. The van der Waals surface area contributed by atoms with E-state index in [9.17, 15) is 15.2 Å². The lowest BCUT2D eigenvalue weighted by Gasteiger charge is -2.39. The zero-order chi connectivity index (χ0) is 13.2. The van der Waals surface area contributed by atoms with Crippen molar-refractivity contribution in [3.63, 3.8) is 0 Å². The summed E-state index contributed by atoms with van der Waals surface area (Å²) in [6.07, 6.45) is 0. The molecule has 1 saturated heterocycles. The Morgan fingerprint density at radius 3 is 2.72 bits per heavy atom. The molecular weight excluding hydrogens is 238 g/mol. The highest BCUT2D eigenvalue weighted by Gasteiger charge is 2.39. The van der Waals surface area contributed by atoms with Crippen LogP contribution in [0.2, 0.25) is 0 Å². The Morgan fingerprint density at radius 1 is 1.56 bits per heavy atom. The molecule has 1 fully saturated rings. The number of aliphatic hydroxyl groups is 1. The van der Waals surface area contributed by atoms with Crippen LogP contribution >= 0.6 is 0 Å². The van der Waals surface area contributed by atoms with Crippen LogP contribution < -0.4 is 4.74 Å². The fourth-order valence-corrected chi connectivity index (χ4v) is 1.77. The highest BCUT2D eigenvalue weighted by Crippen LogP contribution is 2.29. The average molecular weight is 253 g/mol. The Morgan fingerprint density at radius 2 is 2.28 bits per heavy atom. The van der Waals surface area contributed by atoms with E-state index in [1.54, 1.807) is 19.1 Å². The highest BCUT2D eigenvalue weighted by atomic mass is 16.6. The first-order chi connectivity index (χ1) is 8.56. The molecule has 0 aliphatic carbocycles. The molecule has 1 heterocycles. The van der Waals surface area contributed by atoms with Crippen molar-refractivity contribution < 1.29 is 19.5 Å². The second kappa shape index (κ2) is 4.91. The number of aliphatic hydroxyl groups excluding tert-OH is 1. The summed E-state index contributed by atoms with van der Waals surface area (Å²) in [4.78, 5) is 10.2. The Hall–Kier alpha value is -1.66. The van der Waals surface area contributed by atoms with Gasteiger partial charge in [0.25, 0.3) is 5.69 Å². The van der Waals surface area contributed by atoms with Crippen LogP contribution in [0, 0.1) is 22.5 Å². The predicted molar refractivity (Wildman–Crippen MR) is 63.7 cm³/mol. The van der Waals surface area contributed by atoms with Crippen LogP contribution in [0.25, 0.3) is 0 Å². The molecule has 6 heteroatoms. The molecule has 1 aromatic rings. The van der Waals surface area contributed by atoms with Crippen LogP contribution in [0.3, 0.4) is 0 Å². The molecule has 98 valence electrons. The first-order valence-corrected chi connectivity index (χ1v) is 5.63. The summed E-state index contributed by atoms with van der Waals surface area (Å²) in [7, 11) is 0. The minimum atomic E-state index is -0.423. The lowest BCUT2D eigenvalue weighted by molar-refractivity contribution is -0.385. The summed E-state index contributed by atoms with van der Waals surface area (Å²) in [5.74, 6) is 0.567. The van der Waals surface area contributed by atoms with Gasteiger partial charge in [-0.25, -0.2) is 0 Å². The van der Waals surface area contributed by atoms with E-state index in [1.807, 2.05) is 0 Å².